The number of benzene rings is 1. The Labute approximate surface area is 125 Å². The second-order valence-electron chi connectivity index (χ2n) is 4.87. The molecule has 0 aromatic heterocycles. The molecule has 0 N–H and O–H groups in total. The zero-order valence-electron chi connectivity index (χ0n) is 12.9. The van der Waals surface area contributed by atoms with Crippen LogP contribution in [0.1, 0.15) is 19.4 Å². The highest BCUT2D eigenvalue weighted by Gasteiger charge is 2.31. The van der Waals surface area contributed by atoms with Crippen molar-refractivity contribution in [2.24, 2.45) is 0 Å². The summed E-state index contributed by atoms with van der Waals surface area (Å²) in [5, 5.41) is 0. The van der Waals surface area contributed by atoms with E-state index in [1.54, 1.807) is 32.9 Å². The number of nitrogens with zero attached hydrogens (tertiary/aromatic N) is 1. The number of aryl methyl sites for hydroxylation is 1. The Morgan fingerprint density at radius 2 is 1.90 bits per heavy atom. The van der Waals surface area contributed by atoms with Crippen LogP contribution in [-0.2, 0) is 19.6 Å². The summed E-state index contributed by atoms with van der Waals surface area (Å²) in [4.78, 5) is 11.5. The molecule has 0 amide bonds. The third-order valence-corrected chi connectivity index (χ3v) is 5.04. The van der Waals surface area contributed by atoms with Gasteiger partial charge in [-0.25, -0.2) is 8.42 Å². The summed E-state index contributed by atoms with van der Waals surface area (Å²) in [6, 6.07) is 4.50. The van der Waals surface area contributed by atoms with Gasteiger partial charge in [0.05, 0.1) is 14.2 Å². The van der Waals surface area contributed by atoms with Crippen LogP contribution in [0.4, 0.5) is 0 Å². The standard InChI is InChI=1S/C14H21NO5S/c1-10(2)15(9-14(16)20-5)21(17,18)13-8-11(3)6-7-12(13)19-4/h6-8,10H,9H2,1-5H3. The molecule has 0 aliphatic rings. The smallest absolute Gasteiger partial charge is 0.321 e. The van der Waals surface area contributed by atoms with Crippen LogP contribution in [0.3, 0.4) is 0 Å². The van der Waals surface area contributed by atoms with Crippen molar-refractivity contribution in [3.8, 4) is 5.75 Å². The van der Waals surface area contributed by atoms with E-state index in [4.69, 9.17) is 4.74 Å². The first-order chi connectivity index (χ1) is 9.73. The van der Waals surface area contributed by atoms with E-state index in [0.29, 0.717) is 0 Å². The lowest BCUT2D eigenvalue weighted by Crippen LogP contribution is -2.41. The van der Waals surface area contributed by atoms with Crippen molar-refractivity contribution in [3.63, 3.8) is 0 Å². The Hall–Kier alpha value is -1.60. The fourth-order valence-corrected chi connectivity index (χ4v) is 3.67. The van der Waals surface area contributed by atoms with Crippen LogP contribution in [0.15, 0.2) is 23.1 Å². The van der Waals surface area contributed by atoms with Crippen molar-refractivity contribution in [1.82, 2.24) is 4.31 Å². The van der Waals surface area contributed by atoms with Gasteiger partial charge in [0.15, 0.2) is 0 Å². The number of esters is 1. The molecule has 0 radical (unpaired) electrons. The van der Waals surface area contributed by atoms with Crippen LogP contribution in [0.25, 0.3) is 0 Å². The van der Waals surface area contributed by atoms with Gasteiger partial charge in [-0.05, 0) is 38.5 Å². The predicted molar refractivity (Wildman–Crippen MR) is 78.8 cm³/mol. The number of ether oxygens (including phenoxy) is 2. The van der Waals surface area contributed by atoms with Crippen molar-refractivity contribution in [1.29, 1.82) is 0 Å². The molecule has 1 aromatic rings. The summed E-state index contributed by atoms with van der Waals surface area (Å²) >= 11 is 0. The molecule has 0 saturated carbocycles. The van der Waals surface area contributed by atoms with Gasteiger partial charge < -0.3 is 9.47 Å². The molecule has 0 aliphatic heterocycles. The fourth-order valence-electron chi connectivity index (χ4n) is 1.85. The van der Waals surface area contributed by atoms with Gasteiger partial charge in [-0.15, -0.1) is 0 Å². The van der Waals surface area contributed by atoms with Gasteiger partial charge in [0, 0.05) is 6.04 Å². The van der Waals surface area contributed by atoms with Gasteiger partial charge in [-0.1, -0.05) is 6.07 Å². The van der Waals surface area contributed by atoms with Gasteiger partial charge in [-0.2, -0.15) is 4.31 Å². The molecule has 0 fully saturated rings. The molecule has 0 spiro atoms. The summed E-state index contributed by atoms with van der Waals surface area (Å²) < 4.78 is 36.4. The number of methoxy groups -OCH3 is 2. The average Bonchev–Trinajstić information content (AvgIpc) is 2.43. The van der Waals surface area contributed by atoms with E-state index in [1.807, 2.05) is 0 Å². The molecule has 1 rings (SSSR count). The van der Waals surface area contributed by atoms with E-state index >= 15 is 0 Å². The number of carbonyl (C=O) groups excluding carboxylic acids is 1. The molecule has 118 valence electrons. The molecular weight excluding hydrogens is 294 g/mol. The normalized spacial score (nSPS) is 11.8. The number of hydrogen-bond donors (Lipinski definition) is 0. The molecule has 7 heteroatoms. The van der Waals surface area contributed by atoms with Crippen LogP contribution in [-0.4, -0.2) is 45.5 Å². The van der Waals surface area contributed by atoms with E-state index in [1.165, 1.54) is 20.3 Å². The van der Waals surface area contributed by atoms with Crippen molar-refractivity contribution in [2.75, 3.05) is 20.8 Å². The van der Waals surface area contributed by atoms with Crippen molar-refractivity contribution < 1.29 is 22.7 Å². The molecule has 0 aliphatic carbocycles. The highest BCUT2D eigenvalue weighted by atomic mass is 32.2. The zero-order chi connectivity index (χ0) is 16.2. The molecular formula is C14H21NO5S. The van der Waals surface area contributed by atoms with Crippen molar-refractivity contribution in [2.45, 2.75) is 31.7 Å². The SMILES string of the molecule is COC(=O)CN(C(C)C)S(=O)(=O)c1cc(C)ccc1OC. The summed E-state index contributed by atoms with van der Waals surface area (Å²) in [7, 11) is -1.23. The fraction of sp³-hybridized carbons (Fsp3) is 0.500. The number of hydrogen-bond acceptors (Lipinski definition) is 5. The van der Waals surface area contributed by atoms with Gasteiger partial charge in [-0.3, -0.25) is 4.79 Å². The quantitative estimate of drug-likeness (QED) is 0.745. The minimum absolute atomic E-state index is 0.0441. The monoisotopic (exact) mass is 315 g/mol. The van der Waals surface area contributed by atoms with E-state index in [0.717, 1.165) is 9.87 Å². The average molecular weight is 315 g/mol. The summed E-state index contributed by atoms with van der Waals surface area (Å²) in [5.41, 5.74) is 0.788. The number of sulfonamides is 1. The molecule has 6 nitrogen and oxygen atoms in total. The van der Waals surface area contributed by atoms with Crippen LogP contribution in [0.5, 0.6) is 5.75 Å². The molecule has 0 unspecified atom stereocenters. The molecule has 21 heavy (non-hydrogen) atoms. The maximum atomic E-state index is 12.8. The molecule has 0 saturated heterocycles. The topological polar surface area (TPSA) is 72.9 Å². The Bertz CT molecular complexity index is 610. The van der Waals surface area contributed by atoms with Crippen LogP contribution in [0.2, 0.25) is 0 Å². The number of carbonyl (C=O) groups is 1. The van der Waals surface area contributed by atoms with E-state index in [-0.39, 0.29) is 23.2 Å². The van der Waals surface area contributed by atoms with Crippen LogP contribution in [0, 0.1) is 6.92 Å². The van der Waals surface area contributed by atoms with Gasteiger partial charge in [0.2, 0.25) is 10.0 Å². The van der Waals surface area contributed by atoms with Gasteiger partial charge in [0.1, 0.15) is 17.2 Å². The minimum Gasteiger partial charge on any atom is -0.495 e. The van der Waals surface area contributed by atoms with Gasteiger partial charge >= 0.3 is 5.97 Å². The van der Waals surface area contributed by atoms with Crippen molar-refractivity contribution in [3.05, 3.63) is 23.8 Å². The summed E-state index contributed by atoms with van der Waals surface area (Å²) in [5.74, 6) is -0.366. The Morgan fingerprint density at radius 1 is 1.29 bits per heavy atom. The van der Waals surface area contributed by atoms with E-state index in [2.05, 4.69) is 4.74 Å². The Kier molecular flexibility index (Phi) is 5.74. The summed E-state index contributed by atoms with van der Waals surface area (Å²) in [6.07, 6.45) is 0. The first-order valence-electron chi connectivity index (χ1n) is 6.47. The highest BCUT2D eigenvalue weighted by molar-refractivity contribution is 7.89. The zero-order valence-corrected chi connectivity index (χ0v) is 13.7. The third kappa shape index (κ3) is 3.95. The second kappa shape index (κ2) is 6.91. The lowest BCUT2D eigenvalue weighted by molar-refractivity contribution is -0.141. The largest absolute Gasteiger partial charge is 0.495 e. The van der Waals surface area contributed by atoms with Crippen molar-refractivity contribution >= 4 is 16.0 Å². The minimum atomic E-state index is -3.86. The van der Waals surface area contributed by atoms with Crippen LogP contribution < -0.4 is 4.74 Å². The first kappa shape index (κ1) is 17.5. The maximum absolute atomic E-state index is 12.8. The molecule has 0 bridgehead atoms. The molecule has 0 atom stereocenters. The van der Waals surface area contributed by atoms with Crippen LogP contribution >= 0.6 is 0 Å². The lowest BCUT2D eigenvalue weighted by atomic mass is 10.2. The third-order valence-electron chi connectivity index (χ3n) is 2.99. The summed E-state index contributed by atoms with van der Waals surface area (Å²) in [6.45, 7) is 4.84. The van der Waals surface area contributed by atoms with E-state index < -0.39 is 16.0 Å². The maximum Gasteiger partial charge on any atom is 0.321 e. The second-order valence-corrected chi connectivity index (χ2v) is 6.73. The number of rotatable bonds is 6. The molecule has 1 aromatic carbocycles. The molecule has 0 heterocycles. The van der Waals surface area contributed by atoms with E-state index in [9.17, 15) is 13.2 Å². The Balaban J connectivity index is 3.35. The Morgan fingerprint density at radius 3 is 2.38 bits per heavy atom. The first-order valence-corrected chi connectivity index (χ1v) is 7.91. The lowest BCUT2D eigenvalue weighted by Gasteiger charge is -2.25. The predicted octanol–water partition coefficient (Wildman–Crippen LogP) is 1.58. The highest BCUT2D eigenvalue weighted by Crippen LogP contribution is 2.28. The van der Waals surface area contributed by atoms with Gasteiger partial charge in [0.25, 0.3) is 0 Å².